The second kappa shape index (κ2) is 6.63. The van der Waals surface area contributed by atoms with Gasteiger partial charge in [-0.05, 0) is 30.7 Å². The van der Waals surface area contributed by atoms with E-state index in [1.165, 1.54) is 31.4 Å². The molecule has 0 heterocycles. The van der Waals surface area contributed by atoms with Gasteiger partial charge < -0.3 is 10.1 Å². The van der Waals surface area contributed by atoms with Crippen molar-refractivity contribution in [2.24, 2.45) is 0 Å². The standard InChI is InChI=1S/C16H16F3NO/c1-10(11-6-7-15(21-2)14(18)8-11)20-9-12-4-3-5-13(17)16(12)19/h3-8,10,20H,9H2,1-2H3. The van der Waals surface area contributed by atoms with Gasteiger partial charge in [0.2, 0.25) is 0 Å². The molecule has 0 aliphatic carbocycles. The molecule has 2 rings (SSSR count). The van der Waals surface area contributed by atoms with Crippen molar-refractivity contribution in [2.45, 2.75) is 19.5 Å². The number of hydrogen-bond donors (Lipinski definition) is 1. The van der Waals surface area contributed by atoms with Gasteiger partial charge in [-0.3, -0.25) is 0 Å². The molecule has 1 atom stereocenters. The molecular formula is C16H16F3NO. The van der Waals surface area contributed by atoms with Crippen LogP contribution in [0.4, 0.5) is 13.2 Å². The van der Waals surface area contributed by atoms with Crippen LogP contribution in [-0.2, 0) is 6.54 Å². The lowest BCUT2D eigenvalue weighted by Crippen LogP contribution is -2.19. The number of benzene rings is 2. The van der Waals surface area contributed by atoms with Crippen LogP contribution in [0.5, 0.6) is 5.75 Å². The molecule has 0 amide bonds. The highest BCUT2D eigenvalue weighted by atomic mass is 19.2. The third-order valence-corrected chi connectivity index (χ3v) is 3.31. The van der Waals surface area contributed by atoms with Crippen LogP contribution in [0.15, 0.2) is 36.4 Å². The lowest BCUT2D eigenvalue weighted by atomic mass is 10.1. The van der Waals surface area contributed by atoms with E-state index in [9.17, 15) is 13.2 Å². The lowest BCUT2D eigenvalue weighted by molar-refractivity contribution is 0.385. The molecule has 0 saturated carbocycles. The van der Waals surface area contributed by atoms with Gasteiger partial charge in [-0.25, -0.2) is 13.2 Å². The highest BCUT2D eigenvalue weighted by molar-refractivity contribution is 5.31. The van der Waals surface area contributed by atoms with Crippen LogP contribution in [0, 0.1) is 17.5 Å². The summed E-state index contributed by atoms with van der Waals surface area (Å²) in [5.74, 6) is -2.03. The van der Waals surface area contributed by atoms with Crippen LogP contribution in [0.2, 0.25) is 0 Å². The number of ether oxygens (including phenoxy) is 1. The second-order valence-corrected chi connectivity index (χ2v) is 4.71. The molecule has 0 saturated heterocycles. The fourth-order valence-corrected chi connectivity index (χ4v) is 2.02. The van der Waals surface area contributed by atoms with Crippen LogP contribution < -0.4 is 10.1 Å². The van der Waals surface area contributed by atoms with Crippen molar-refractivity contribution in [1.82, 2.24) is 5.32 Å². The van der Waals surface area contributed by atoms with Gasteiger partial charge in [0.05, 0.1) is 7.11 Å². The predicted molar refractivity (Wildman–Crippen MR) is 74.6 cm³/mol. The van der Waals surface area contributed by atoms with Gasteiger partial charge in [-0.15, -0.1) is 0 Å². The van der Waals surface area contributed by atoms with Crippen LogP contribution in [0.3, 0.4) is 0 Å². The summed E-state index contributed by atoms with van der Waals surface area (Å²) in [6.07, 6.45) is 0. The summed E-state index contributed by atoms with van der Waals surface area (Å²) in [4.78, 5) is 0. The molecule has 0 aromatic heterocycles. The van der Waals surface area contributed by atoms with Crippen LogP contribution >= 0.6 is 0 Å². The predicted octanol–water partition coefficient (Wildman–Crippen LogP) is 3.96. The minimum Gasteiger partial charge on any atom is -0.494 e. The molecule has 0 aliphatic rings. The molecule has 0 bridgehead atoms. The zero-order valence-electron chi connectivity index (χ0n) is 11.8. The first-order chi connectivity index (χ1) is 10.0. The first-order valence-corrected chi connectivity index (χ1v) is 6.52. The molecule has 0 spiro atoms. The number of hydrogen-bond acceptors (Lipinski definition) is 2. The molecule has 112 valence electrons. The Kier molecular flexibility index (Phi) is 4.85. The maximum Gasteiger partial charge on any atom is 0.165 e. The number of rotatable bonds is 5. The van der Waals surface area contributed by atoms with E-state index in [1.54, 1.807) is 6.07 Å². The highest BCUT2D eigenvalue weighted by Crippen LogP contribution is 2.22. The van der Waals surface area contributed by atoms with Gasteiger partial charge in [0, 0.05) is 18.2 Å². The fraction of sp³-hybridized carbons (Fsp3) is 0.250. The zero-order chi connectivity index (χ0) is 15.4. The van der Waals surface area contributed by atoms with Gasteiger partial charge >= 0.3 is 0 Å². The monoisotopic (exact) mass is 295 g/mol. The molecule has 0 aliphatic heterocycles. The molecule has 1 unspecified atom stereocenters. The largest absolute Gasteiger partial charge is 0.494 e. The summed E-state index contributed by atoms with van der Waals surface area (Å²) in [6.45, 7) is 1.97. The van der Waals surface area contributed by atoms with Gasteiger partial charge in [0.25, 0.3) is 0 Å². The van der Waals surface area contributed by atoms with Crippen molar-refractivity contribution >= 4 is 0 Å². The Bertz CT molecular complexity index is 631. The fourth-order valence-electron chi connectivity index (χ4n) is 2.02. The van der Waals surface area contributed by atoms with E-state index in [0.717, 1.165) is 6.07 Å². The molecule has 21 heavy (non-hydrogen) atoms. The molecule has 0 radical (unpaired) electrons. The van der Waals surface area contributed by atoms with E-state index in [2.05, 4.69) is 5.32 Å². The minimum atomic E-state index is -0.877. The van der Waals surface area contributed by atoms with Crippen molar-refractivity contribution in [3.63, 3.8) is 0 Å². The minimum absolute atomic E-state index is 0.151. The Balaban J connectivity index is 2.06. The number of methoxy groups -OCH3 is 1. The Morgan fingerprint density at radius 2 is 1.86 bits per heavy atom. The van der Waals surface area contributed by atoms with E-state index in [4.69, 9.17) is 4.74 Å². The summed E-state index contributed by atoms with van der Waals surface area (Å²) < 4.78 is 45.1. The quantitative estimate of drug-likeness (QED) is 0.901. The van der Waals surface area contributed by atoms with Crippen molar-refractivity contribution in [2.75, 3.05) is 7.11 Å². The van der Waals surface area contributed by atoms with Crippen molar-refractivity contribution in [3.05, 3.63) is 65.0 Å². The molecular weight excluding hydrogens is 279 g/mol. The van der Waals surface area contributed by atoms with E-state index >= 15 is 0 Å². The van der Waals surface area contributed by atoms with Gasteiger partial charge in [0.15, 0.2) is 23.2 Å². The smallest absolute Gasteiger partial charge is 0.165 e. The van der Waals surface area contributed by atoms with Gasteiger partial charge in [-0.2, -0.15) is 0 Å². The van der Waals surface area contributed by atoms with Crippen molar-refractivity contribution in [3.8, 4) is 5.75 Å². The summed E-state index contributed by atoms with van der Waals surface area (Å²) in [5, 5.41) is 3.03. The molecule has 2 aromatic carbocycles. The highest BCUT2D eigenvalue weighted by Gasteiger charge is 2.12. The normalized spacial score (nSPS) is 12.2. The lowest BCUT2D eigenvalue weighted by Gasteiger charge is -2.15. The molecule has 2 nitrogen and oxygen atoms in total. The summed E-state index contributed by atoms with van der Waals surface area (Å²) in [7, 11) is 1.40. The second-order valence-electron chi connectivity index (χ2n) is 4.71. The maximum atomic E-state index is 13.6. The summed E-state index contributed by atoms with van der Waals surface area (Å²) >= 11 is 0. The molecule has 5 heteroatoms. The average Bonchev–Trinajstić information content (AvgIpc) is 2.48. The average molecular weight is 295 g/mol. The van der Waals surface area contributed by atoms with E-state index < -0.39 is 17.5 Å². The van der Waals surface area contributed by atoms with Crippen LogP contribution in [0.25, 0.3) is 0 Å². The van der Waals surface area contributed by atoms with E-state index in [0.29, 0.717) is 5.56 Å². The number of nitrogens with one attached hydrogen (secondary N) is 1. The Hall–Kier alpha value is -2.01. The Morgan fingerprint density at radius 1 is 1.10 bits per heavy atom. The zero-order valence-corrected chi connectivity index (χ0v) is 11.8. The van der Waals surface area contributed by atoms with Crippen molar-refractivity contribution < 1.29 is 17.9 Å². The third kappa shape index (κ3) is 3.55. The summed E-state index contributed by atoms with van der Waals surface area (Å²) in [6, 6.07) is 8.43. The number of halogens is 3. The van der Waals surface area contributed by atoms with Gasteiger partial charge in [0.1, 0.15) is 0 Å². The first kappa shape index (κ1) is 15.4. The van der Waals surface area contributed by atoms with E-state index in [-0.39, 0.29) is 23.9 Å². The molecule has 1 N–H and O–H groups in total. The maximum absolute atomic E-state index is 13.6. The summed E-state index contributed by atoms with van der Waals surface area (Å²) in [5.41, 5.74) is 0.931. The SMILES string of the molecule is COc1ccc(C(C)NCc2cccc(F)c2F)cc1F. The van der Waals surface area contributed by atoms with Crippen LogP contribution in [0.1, 0.15) is 24.1 Å². The van der Waals surface area contributed by atoms with Crippen LogP contribution in [-0.4, -0.2) is 7.11 Å². The Labute approximate surface area is 121 Å². The van der Waals surface area contributed by atoms with Crippen molar-refractivity contribution in [1.29, 1.82) is 0 Å². The third-order valence-electron chi connectivity index (χ3n) is 3.31. The van der Waals surface area contributed by atoms with Gasteiger partial charge in [-0.1, -0.05) is 18.2 Å². The topological polar surface area (TPSA) is 21.3 Å². The first-order valence-electron chi connectivity index (χ1n) is 6.52. The Morgan fingerprint density at radius 3 is 2.52 bits per heavy atom. The van der Waals surface area contributed by atoms with E-state index in [1.807, 2.05) is 6.92 Å². The molecule has 0 fully saturated rings. The molecule has 2 aromatic rings.